The van der Waals surface area contributed by atoms with Gasteiger partial charge in [0.2, 0.25) is 5.91 Å². The minimum Gasteiger partial charge on any atom is -0.396 e. The minimum absolute atomic E-state index is 0.146. The van der Waals surface area contributed by atoms with E-state index in [1.165, 1.54) is 32.1 Å². The van der Waals surface area contributed by atoms with E-state index in [0.717, 1.165) is 19.4 Å². The van der Waals surface area contributed by atoms with Gasteiger partial charge in [0, 0.05) is 19.6 Å². The molecule has 1 fully saturated rings. The van der Waals surface area contributed by atoms with Crippen LogP contribution in [0.15, 0.2) is 0 Å². The lowest BCUT2D eigenvalue weighted by molar-refractivity contribution is -0.121. The molecule has 0 aromatic carbocycles. The Bertz CT molecular complexity index is 210. The van der Waals surface area contributed by atoms with E-state index in [-0.39, 0.29) is 12.5 Å². The van der Waals surface area contributed by atoms with Gasteiger partial charge in [0.25, 0.3) is 0 Å². The molecule has 1 amide bonds. The average molecular weight is 227 g/mol. The van der Waals surface area contributed by atoms with Gasteiger partial charge in [0.15, 0.2) is 0 Å². The topological polar surface area (TPSA) is 49.3 Å². The van der Waals surface area contributed by atoms with Crippen LogP contribution in [-0.2, 0) is 4.79 Å². The van der Waals surface area contributed by atoms with Gasteiger partial charge >= 0.3 is 0 Å². The summed E-state index contributed by atoms with van der Waals surface area (Å²) in [4.78, 5) is 11.5. The van der Waals surface area contributed by atoms with Gasteiger partial charge in [-0.1, -0.05) is 19.8 Å². The van der Waals surface area contributed by atoms with Crippen LogP contribution >= 0.6 is 0 Å². The smallest absolute Gasteiger partial charge is 0.220 e. The number of amides is 1. The van der Waals surface area contributed by atoms with E-state index in [9.17, 15) is 4.79 Å². The molecular weight excluding hydrogens is 202 g/mol. The molecule has 0 unspecified atom stereocenters. The number of aliphatic hydroxyl groups excluding tert-OH is 1. The van der Waals surface area contributed by atoms with Crippen molar-refractivity contribution < 1.29 is 9.90 Å². The Hall–Kier alpha value is -0.570. The fourth-order valence-electron chi connectivity index (χ4n) is 2.55. The predicted molar refractivity (Wildman–Crippen MR) is 65.1 cm³/mol. The number of nitrogens with one attached hydrogen (secondary N) is 1. The van der Waals surface area contributed by atoms with Crippen molar-refractivity contribution in [2.24, 2.45) is 5.41 Å². The fourth-order valence-corrected chi connectivity index (χ4v) is 2.55. The van der Waals surface area contributed by atoms with Crippen LogP contribution in [0.1, 0.15) is 58.3 Å². The van der Waals surface area contributed by atoms with Gasteiger partial charge in [-0.15, -0.1) is 0 Å². The number of aliphatic hydroxyl groups is 1. The Labute approximate surface area is 98.6 Å². The molecule has 2 N–H and O–H groups in total. The van der Waals surface area contributed by atoms with E-state index in [4.69, 9.17) is 5.11 Å². The Kier molecular flexibility index (Phi) is 5.81. The third-order valence-electron chi connectivity index (χ3n) is 3.89. The molecule has 0 bridgehead atoms. The molecule has 0 atom stereocenters. The first-order chi connectivity index (χ1) is 7.72. The number of rotatable bonds is 7. The molecule has 3 nitrogen and oxygen atoms in total. The summed E-state index contributed by atoms with van der Waals surface area (Å²) in [5, 5.41) is 11.7. The van der Waals surface area contributed by atoms with Crippen LogP contribution in [0.4, 0.5) is 0 Å². The van der Waals surface area contributed by atoms with Gasteiger partial charge < -0.3 is 10.4 Å². The molecule has 0 heterocycles. The maximum Gasteiger partial charge on any atom is 0.220 e. The zero-order chi connectivity index (χ0) is 11.9. The van der Waals surface area contributed by atoms with Crippen LogP contribution in [0.3, 0.4) is 0 Å². The number of unbranched alkanes of at least 4 members (excludes halogenated alkanes) is 1. The maximum absolute atomic E-state index is 11.5. The Morgan fingerprint density at radius 1 is 1.31 bits per heavy atom. The second kappa shape index (κ2) is 6.89. The molecular formula is C13H25NO2. The first-order valence-electron chi connectivity index (χ1n) is 6.60. The molecule has 0 spiro atoms. The van der Waals surface area contributed by atoms with Crippen LogP contribution in [0.25, 0.3) is 0 Å². The van der Waals surface area contributed by atoms with Crippen LogP contribution in [0.2, 0.25) is 0 Å². The molecule has 3 heteroatoms. The van der Waals surface area contributed by atoms with Crippen LogP contribution in [0, 0.1) is 5.41 Å². The van der Waals surface area contributed by atoms with Gasteiger partial charge in [0.1, 0.15) is 0 Å². The Morgan fingerprint density at radius 2 is 2.00 bits per heavy atom. The largest absolute Gasteiger partial charge is 0.396 e. The highest BCUT2D eigenvalue weighted by molar-refractivity contribution is 5.75. The van der Waals surface area contributed by atoms with Crippen molar-refractivity contribution in [3.05, 3.63) is 0 Å². The molecule has 0 radical (unpaired) electrons. The minimum atomic E-state index is 0.146. The molecule has 1 aliphatic carbocycles. The van der Waals surface area contributed by atoms with Gasteiger partial charge in [-0.2, -0.15) is 0 Å². The van der Waals surface area contributed by atoms with Crippen molar-refractivity contribution in [3.63, 3.8) is 0 Å². The molecule has 0 aromatic heterocycles. The third-order valence-corrected chi connectivity index (χ3v) is 3.89. The number of hydrogen-bond acceptors (Lipinski definition) is 2. The summed E-state index contributed by atoms with van der Waals surface area (Å²) in [6.45, 7) is 3.26. The summed E-state index contributed by atoms with van der Waals surface area (Å²) in [5.74, 6) is 0.146. The van der Waals surface area contributed by atoms with Crippen molar-refractivity contribution in [1.29, 1.82) is 0 Å². The second-order valence-electron chi connectivity index (χ2n) is 5.02. The van der Waals surface area contributed by atoms with Crippen LogP contribution in [-0.4, -0.2) is 24.2 Å². The first-order valence-corrected chi connectivity index (χ1v) is 6.60. The monoisotopic (exact) mass is 227 g/mol. The zero-order valence-corrected chi connectivity index (χ0v) is 10.4. The standard InChI is InChI=1S/C13H25NO2/c1-2-13(8-4-5-9-13)11-14-12(16)7-3-6-10-15/h15H,2-11H2,1H3,(H,14,16). The second-order valence-corrected chi connectivity index (χ2v) is 5.02. The predicted octanol–water partition coefficient (Wildman–Crippen LogP) is 2.24. The van der Waals surface area contributed by atoms with E-state index < -0.39 is 0 Å². The molecule has 0 aliphatic heterocycles. The highest BCUT2D eigenvalue weighted by Crippen LogP contribution is 2.40. The highest BCUT2D eigenvalue weighted by Gasteiger charge is 2.31. The zero-order valence-electron chi connectivity index (χ0n) is 10.4. The summed E-state index contributed by atoms with van der Waals surface area (Å²) in [7, 11) is 0. The molecule has 1 rings (SSSR count). The van der Waals surface area contributed by atoms with Crippen molar-refractivity contribution >= 4 is 5.91 Å². The summed E-state index contributed by atoms with van der Waals surface area (Å²) in [6, 6.07) is 0. The molecule has 0 aromatic rings. The maximum atomic E-state index is 11.5. The van der Waals surface area contributed by atoms with Crippen molar-refractivity contribution in [2.75, 3.05) is 13.2 Å². The van der Waals surface area contributed by atoms with Crippen LogP contribution in [0.5, 0.6) is 0 Å². The molecule has 1 aliphatic rings. The van der Waals surface area contributed by atoms with Gasteiger partial charge in [0.05, 0.1) is 0 Å². The van der Waals surface area contributed by atoms with E-state index in [0.29, 0.717) is 11.8 Å². The summed E-state index contributed by atoms with van der Waals surface area (Å²) in [5.41, 5.74) is 0.382. The summed E-state index contributed by atoms with van der Waals surface area (Å²) in [6.07, 6.45) is 8.40. The van der Waals surface area contributed by atoms with Gasteiger partial charge in [-0.05, 0) is 37.5 Å². The average Bonchev–Trinajstić information content (AvgIpc) is 2.76. The summed E-state index contributed by atoms with van der Waals surface area (Å²) >= 11 is 0. The molecule has 94 valence electrons. The third kappa shape index (κ3) is 4.12. The molecule has 16 heavy (non-hydrogen) atoms. The quantitative estimate of drug-likeness (QED) is 0.655. The Morgan fingerprint density at radius 3 is 2.56 bits per heavy atom. The van der Waals surface area contributed by atoms with Crippen molar-refractivity contribution in [2.45, 2.75) is 58.3 Å². The summed E-state index contributed by atoms with van der Waals surface area (Å²) < 4.78 is 0. The number of hydrogen-bond donors (Lipinski definition) is 2. The van der Waals surface area contributed by atoms with Crippen molar-refractivity contribution in [1.82, 2.24) is 5.32 Å². The number of carbonyl (C=O) groups excluding carboxylic acids is 1. The van der Waals surface area contributed by atoms with Gasteiger partial charge in [-0.25, -0.2) is 0 Å². The highest BCUT2D eigenvalue weighted by atomic mass is 16.2. The normalized spacial score (nSPS) is 18.6. The van der Waals surface area contributed by atoms with Crippen LogP contribution < -0.4 is 5.32 Å². The van der Waals surface area contributed by atoms with E-state index in [1.54, 1.807) is 0 Å². The molecule has 1 saturated carbocycles. The number of carbonyl (C=O) groups is 1. The van der Waals surface area contributed by atoms with Crippen molar-refractivity contribution in [3.8, 4) is 0 Å². The Balaban J connectivity index is 2.19. The van der Waals surface area contributed by atoms with Gasteiger partial charge in [-0.3, -0.25) is 4.79 Å². The lowest BCUT2D eigenvalue weighted by atomic mass is 9.83. The first kappa shape index (κ1) is 13.5. The lowest BCUT2D eigenvalue weighted by Gasteiger charge is -2.27. The molecule has 0 saturated heterocycles. The SMILES string of the molecule is CCC1(CNC(=O)CCCCO)CCCC1. The lowest BCUT2D eigenvalue weighted by Crippen LogP contribution is -2.35. The fraction of sp³-hybridized carbons (Fsp3) is 0.923. The van der Waals surface area contributed by atoms with E-state index in [2.05, 4.69) is 12.2 Å². The van der Waals surface area contributed by atoms with E-state index >= 15 is 0 Å². The van der Waals surface area contributed by atoms with E-state index in [1.807, 2.05) is 0 Å².